The van der Waals surface area contributed by atoms with E-state index in [2.05, 4.69) is 16.6 Å². The summed E-state index contributed by atoms with van der Waals surface area (Å²) in [5.74, 6) is 2.43. The maximum absolute atomic E-state index is 10.9. The number of phenolic OH excluding ortho intramolecular Hbond substituents is 1. The molecule has 0 atom stereocenters. The molecular weight excluding hydrogens is 224 g/mol. The minimum absolute atomic E-state index is 0.0517. The second-order valence-electron chi connectivity index (χ2n) is 3.01. The number of hydrogen-bond donors (Lipinski definition) is 2. The van der Waals surface area contributed by atoms with Gasteiger partial charge in [0.15, 0.2) is 0 Å². The maximum Gasteiger partial charge on any atom is 0.384 e. The van der Waals surface area contributed by atoms with Crippen LogP contribution in [0, 0.1) is 11.8 Å². The number of phenols is 1. The second-order valence-corrected chi connectivity index (χ2v) is 3.01. The van der Waals surface area contributed by atoms with Crippen LogP contribution in [0.5, 0.6) is 5.75 Å². The monoisotopic (exact) mass is 234 g/mol. The highest BCUT2D eigenvalue weighted by molar-refractivity contribution is 5.90. The van der Waals surface area contributed by atoms with Crippen molar-refractivity contribution in [3.63, 3.8) is 0 Å². The van der Waals surface area contributed by atoms with Crippen molar-refractivity contribution in [2.24, 2.45) is 0 Å². The number of hydrogen-bond acceptors (Lipinski definition) is 4. The predicted molar refractivity (Wildman–Crippen MR) is 58.6 cm³/mol. The third-order valence-corrected chi connectivity index (χ3v) is 1.82. The molecule has 0 saturated heterocycles. The van der Waals surface area contributed by atoms with E-state index in [0.717, 1.165) is 6.07 Å². The molecule has 88 valence electrons. The fourth-order valence-corrected chi connectivity index (χ4v) is 1.06. The van der Waals surface area contributed by atoms with Crippen LogP contribution in [0.15, 0.2) is 18.2 Å². The molecule has 0 bridgehead atoms. The molecule has 0 amide bonds. The fraction of sp³-hybridized carbons (Fsp3) is 0.167. The van der Waals surface area contributed by atoms with Crippen LogP contribution in [-0.4, -0.2) is 28.8 Å². The molecule has 0 aliphatic carbocycles. The SMILES string of the molecule is CCOC(=O)C#Cc1ccc(C(=O)O)cc1O. The van der Waals surface area contributed by atoms with Gasteiger partial charge in [0.25, 0.3) is 0 Å². The average molecular weight is 234 g/mol. The second kappa shape index (κ2) is 5.56. The van der Waals surface area contributed by atoms with Crippen molar-refractivity contribution in [1.82, 2.24) is 0 Å². The van der Waals surface area contributed by atoms with Gasteiger partial charge in [0.1, 0.15) is 5.75 Å². The zero-order valence-electron chi connectivity index (χ0n) is 9.06. The molecule has 0 heterocycles. The van der Waals surface area contributed by atoms with Crippen LogP contribution in [0.1, 0.15) is 22.8 Å². The Morgan fingerprint density at radius 1 is 1.41 bits per heavy atom. The first-order valence-electron chi connectivity index (χ1n) is 4.79. The molecule has 0 radical (unpaired) electrons. The van der Waals surface area contributed by atoms with E-state index in [-0.39, 0.29) is 23.5 Å². The van der Waals surface area contributed by atoms with Gasteiger partial charge in [0.2, 0.25) is 0 Å². The van der Waals surface area contributed by atoms with Gasteiger partial charge in [-0.2, -0.15) is 0 Å². The van der Waals surface area contributed by atoms with E-state index in [1.165, 1.54) is 12.1 Å². The first-order chi connectivity index (χ1) is 8.04. The summed E-state index contributed by atoms with van der Waals surface area (Å²) in [6, 6.07) is 3.68. The molecule has 0 aliphatic heterocycles. The molecular formula is C12H10O5. The number of benzene rings is 1. The lowest BCUT2D eigenvalue weighted by Gasteiger charge is -1.98. The molecule has 5 nitrogen and oxygen atoms in total. The van der Waals surface area contributed by atoms with Crippen LogP contribution in [-0.2, 0) is 9.53 Å². The van der Waals surface area contributed by atoms with Crippen LogP contribution in [0.2, 0.25) is 0 Å². The largest absolute Gasteiger partial charge is 0.507 e. The van der Waals surface area contributed by atoms with Crippen LogP contribution in [0.25, 0.3) is 0 Å². The zero-order chi connectivity index (χ0) is 12.8. The zero-order valence-corrected chi connectivity index (χ0v) is 9.06. The summed E-state index contributed by atoms with van der Waals surface area (Å²) in [6.07, 6.45) is 0. The number of aromatic hydroxyl groups is 1. The van der Waals surface area contributed by atoms with E-state index in [0.29, 0.717) is 0 Å². The van der Waals surface area contributed by atoms with Crippen LogP contribution >= 0.6 is 0 Å². The molecule has 1 rings (SSSR count). The van der Waals surface area contributed by atoms with Gasteiger partial charge in [-0.15, -0.1) is 0 Å². The highest BCUT2D eigenvalue weighted by atomic mass is 16.5. The van der Waals surface area contributed by atoms with Gasteiger partial charge in [-0.3, -0.25) is 0 Å². The molecule has 5 heteroatoms. The third kappa shape index (κ3) is 3.54. The van der Waals surface area contributed by atoms with Gasteiger partial charge in [0.05, 0.1) is 17.7 Å². The van der Waals surface area contributed by atoms with Gasteiger partial charge < -0.3 is 14.9 Å². The molecule has 0 saturated carbocycles. The summed E-state index contributed by atoms with van der Waals surface area (Å²) in [5, 5.41) is 18.1. The summed E-state index contributed by atoms with van der Waals surface area (Å²) < 4.78 is 4.58. The van der Waals surface area contributed by atoms with Gasteiger partial charge in [-0.05, 0) is 25.1 Å². The molecule has 2 N–H and O–H groups in total. The number of aromatic carboxylic acids is 1. The molecule has 1 aromatic carbocycles. The fourth-order valence-electron chi connectivity index (χ4n) is 1.06. The minimum Gasteiger partial charge on any atom is -0.507 e. The number of carbonyl (C=O) groups excluding carboxylic acids is 1. The molecule has 0 spiro atoms. The summed E-state index contributed by atoms with van der Waals surface area (Å²) in [5.41, 5.74) is 0.118. The van der Waals surface area contributed by atoms with Crippen LogP contribution in [0.4, 0.5) is 0 Å². The Kier molecular flexibility index (Phi) is 4.12. The third-order valence-electron chi connectivity index (χ3n) is 1.82. The van der Waals surface area contributed by atoms with Crippen LogP contribution in [0.3, 0.4) is 0 Å². The molecule has 0 unspecified atom stereocenters. The van der Waals surface area contributed by atoms with E-state index in [1.54, 1.807) is 6.92 Å². The van der Waals surface area contributed by atoms with Crippen molar-refractivity contribution in [3.8, 4) is 17.6 Å². The lowest BCUT2D eigenvalue weighted by Crippen LogP contribution is -1.99. The van der Waals surface area contributed by atoms with E-state index in [4.69, 9.17) is 5.11 Å². The molecule has 0 fully saturated rings. The van der Waals surface area contributed by atoms with Crippen molar-refractivity contribution in [3.05, 3.63) is 29.3 Å². The Bertz CT molecular complexity index is 507. The van der Waals surface area contributed by atoms with Crippen molar-refractivity contribution in [1.29, 1.82) is 0 Å². The van der Waals surface area contributed by atoms with Gasteiger partial charge >= 0.3 is 11.9 Å². The highest BCUT2D eigenvalue weighted by Crippen LogP contribution is 2.17. The topological polar surface area (TPSA) is 83.8 Å². The summed E-state index contributed by atoms with van der Waals surface area (Å²) >= 11 is 0. The number of carboxylic acid groups (broad SMARTS) is 1. The van der Waals surface area contributed by atoms with Gasteiger partial charge in [-0.1, -0.05) is 5.92 Å². The van der Waals surface area contributed by atoms with Crippen molar-refractivity contribution in [2.75, 3.05) is 6.61 Å². The molecule has 17 heavy (non-hydrogen) atoms. The van der Waals surface area contributed by atoms with E-state index < -0.39 is 11.9 Å². The lowest BCUT2D eigenvalue weighted by atomic mass is 10.1. The smallest absolute Gasteiger partial charge is 0.384 e. The summed E-state index contributed by atoms with van der Waals surface area (Å²) in [4.78, 5) is 21.5. The number of esters is 1. The maximum atomic E-state index is 10.9. The van der Waals surface area contributed by atoms with Gasteiger partial charge in [-0.25, -0.2) is 9.59 Å². The number of carboxylic acids is 1. The van der Waals surface area contributed by atoms with E-state index in [9.17, 15) is 14.7 Å². The Labute approximate surface area is 97.6 Å². The molecule has 1 aromatic rings. The molecule has 0 aromatic heterocycles. The lowest BCUT2D eigenvalue weighted by molar-refractivity contribution is -0.136. The van der Waals surface area contributed by atoms with Crippen molar-refractivity contribution < 1.29 is 24.5 Å². The number of ether oxygens (including phenoxy) is 1. The van der Waals surface area contributed by atoms with Crippen molar-refractivity contribution in [2.45, 2.75) is 6.92 Å². The normalized spacial score (nSPS) is 9.00. The average Bonchev–Trinajstić information content (AvgIpc) is 2.27. The Morgan fingerprint density at radius 3 is 2.65 bits per heavy atom. The Balaban J connectivity index is 2.93. The number of carbonyl (C=O) groups is 2. The first-order valence-corrected chi connectivity index (χ1v) is 4.79. The quantitative estimate of drug-likeness (QED) is 0.589. The van der Waals surface area contributed by atoms with Gasteiger partial charge in [0, 0.05) is 5.92 Å². The first kappa shape index (κ1) is 12.6. The van der Waals surface area contributed by atoms with E-state index >= 15 is 0 Å². The van der Waals surface area contributed by atoms with E-state index in [1.807, 2.05) is 0 Å². The van der Waals surface area contributed by atoms with Crippen LogP contribution < -0.4 is 0 Å². The highest BCUT2D eigenvalue weighted by Gasteiger charge is 2.06. The summed E-state index contributed by atoms with van der Waals surface area (Å²) in [7, 11) is 0. The predicted octanol–water partition coefficient (Wildman–Crippen LogP) is 1.01. The standard InChI is InChI=1S/C12H10O5/c1-2-17-11(14)6-5-8-3-4-9(12(15)16)7-10(8)13/h3-4,7,13H,2H2,1H3,(H,15,16). The molecule has 0 aliphatic rings. The number of rotatable bonds is 2. The summed E-state index contributed by atoms with van der Waals surface area (Å²) in [6.45, 7) is 1.87. The Morgan fingerprint density at radius 2 is 2.12 bits per heavy atom. The minimum atomic E-state index is -1.15. The Hall–Kier alpha value is -2.48. The van der Waals surface area contributed by atoms with Crippen molar-refractivity contribution >= 4 is 11.9 Å².